The number of benzene rings is 4. The van der Waals surface area contributed by atoms with Gasteiger partial charge in [0.25, 0.3) is 0 Å². The highest BCUT2D eigenvalue weighted by Crippen LogP contribution is 2.60. The van der Waals surface area contributed by atoms with Gasteiger partial charge in [-0.2, -0.15) is 0 Å². The van der Waals surface area contributed by atoms with Crippen LogP contribution in [-0.2, 0) is 0 Å². The summed E-state index contributed by atoms with van der Waals surface area (Å²) in [5, 5.41) is 64.9. The van der Waals surface area contributed by atoms with Crippen molar-refractivity contribution in [3.63, 3.8) is 0 Å². The number of allylic oxidation sites excluding steroid dienone is 1. The van der Waals surface area contributed by atoms with Gasteiger partial charge in [-0.25, -0.2) is 0 Å². The maximum atomic E-state index is 11.7. The lowest BCUT2D eigenvalue weighted by molar-refractivity contribution is -0.0347. The van der Waals surface area contributed by atoms with Crippen molar-refractivity contribution < 1.29 is 44.5 Å². The predicted octanol–water partition coefficient (Wildman–Crippen LogP) is 6.12. The molecule has 0 saturated carbocycles. The Bertz CT molecular complexity index is 2090. The molecule has 1 aliphatic carbocycles. The molecule has 3 atom stereocenters. The maximum Gasteiger partial charge on any atom is 0.152 e. The quantitative estimate of drug-likeness (QED) is 0.146. The summed E-state index contributed by atoms with van der Waals surface area (Å²) < 4.78 is 18.7. The van der Waals surface area contributed by atoms with Crippen molar-refractivity contribution in [1.29, 1.82) is 0 Å². The summed E-state index contributed by atoms with van der Waals surface area (Å²) >= 11 is 0. The fraction of sp³-hybridized carbons (Fsp3) is 0.118. The third-order valence-electron chi connectivity index (χ3n) is 8.42. The van der Waals surface area contributed by atoms with Gasteiger partial charge in [0.2, 0.25) is 0 Å². The number of aliphatic hydroxyl groups is 1. The van der Waals surface area contributed by atoms with Gasteiger partial charge >= 0.3 is 0 Å². The van der Waals surface area contributed by atoms with Crippen LogP contribution in [0.2, 0.25) is 0 Å². The molecule has 0 amide bonds. The Kier molecular flexibility index (Phi) is 4.98. The van der Waals surface area contributed by atoms with Crippen LogP contribution in [-0.4, -0.2) is 42.3 Å². The van der Waals surface area contributed by atoms with Crippen molar-refractivity contribution in [1.82, 2.24) is 0 Å². The molecule has 0 fully saturated rings. The van der Waals surface area contributed by atoms with Crippen molar-refractivity contribution in [3.8, 4) is 51.6 Å². The summed E-state index contributed by atoms with van der Waals surface area (Å²) in [6.07, 6.45) is 0.634. The van der Waals surface area contributed by atoms with E-state index in [1.165, 1.54) is 36.4 Å². The van der Waals surface area contributed by atoms with E-state index in [9.17, 15) is 30.6 Å². The number of hydrogen-bond acceptors (Lipinski definition) is 9. The minimum absolute atomic E-state index is 0.00242. The smallest absolute Gasteiger partial charge is 0.152 e. The summed E-state index contributed by atoms with van der Waals surface area (Å²) in [4.78, 5) is 0. The van der Waals surface area contributed by atoms with Crippen molar-refractivity contribution in [2.24, 2.45) is 0 Å². The molecule has 3 unspecified atom stereocenters. The molecule has 3 heterocycles. The summed E-state index contributed by atoms with van der Waals surface area (Å²) in [5.74, 6) is 0.130. The Morgan fingerprint density at radius 1 is 0.744 bits per heavy atom. The first-order valence-electron chi connectivity index (χ1n) is 13.6. The number of hydrogen-bond donors (Lipinski definition) is 6. The summed E-state index contributed by atoms with van der Waals surface area (Å²) in [7, 11) is 0. The minimum Gasteiger partial charge on any atom is -0.508 e. The molecule has 9 heteroatoms. The zero-order valence-electron chi connectivity index (χ0n) is 22.6. The average molecular weight is 577 g/mol. The molecule has 5 aromatic rings. The van der Waals surface area contributed by atoms with E-state index >= 15 is 0 Å². The molecule has 214 valence electrons. The van der Waals surface area contributed by atoms with E-state index in [1.54, 1.807) is 49.4 Å². The van der Waals surface area contributed by atoms with E-state index < -0.39 is 17.6 Å². The number of fused-ring (bicyclic) bond motifs is 9. The van der Waals surface area contributed by atoms with Gasteiger partial charge < -0.3 is 44.5 Å². The second-order valence-electron chi connectivity index (χ2n) is 11.2. The molecule has 0 spiro atoms. The molecule has 1 aromatic heterocycles. The average Bonchev–Trinajstić information content (AvgIpc) is 3.36. The first kappa shape index (κ1) is 25.2. The summed E-state index contributed by atoms with van der Waals surface area (Å²) in [5.41, 5.74) is 1.98. The number of aromatic hydroxyl groups is 5. The lowest BCUT2D eigenvalue weighted by Crippen LogP contribution is -2.53. The highest BCUT2D eigenvalue weighted by molar-refractivity contribution is 5.99. The van der Waals surface area contributed by atoms with Crippen LogP contribution in [0.5, 0.6) is 40.2 Å². The molecule has 4 aromatic carbocycles. The van der Waals surface area contributed by atoms with E-state index in [0.717, 1.165) is 5.39 Å². The first-order chi connectivity index (χ1) is 20.6. The monoisotopic (exact) mass is 576 g/mol. The van der Waals surface area contributed by atoms with E-state index in [-0.39, 0.29) is 45.8 Å². The van der Waals surface area contributed by atoms with Crippen LogP contribution in [0.15, 0.2) is 88.9 Å². The highest BCUT2D eigenvalue weighted by atomic mass is 16.5. The predicted molar refractivity (Wildman–Crippen MR) is 156 cm³/mol. The first-order valence-corrected chi connectivity index (χ1v) is 13.6. The van der Waals surface area contributed by atoms with Crippen molar-refractivity contribution in [2.45, 2.75) is 24.5 Å². The minimum atomic E-state index is -1.24. The van der Waals surface area contributed by atoms with Crippen LogP contribution < -0.4 is 9.47 Å². The van der Waals surface area contributed by atoms with E-state index in [1.807, 2.05) is 0 Å². The molecule has 6 N–H and O–H groups in total. The molecule has 0 saturated heterocycles. The van der Waals surface area contributed by atoms with Crippen molar-refractivity contribution in [2.75, 3.05) is 0 Å². The van der Waals surface area contributed by atoms with Gasteiger partial charge in [0.05, 0.1) is 11.1 Å². The molecule has 2 aliphatic heterocycles. The lowest BCUT2D eigenvalue weighted by Gasteiger charge is -2.49. The Morgan fingerprint density at radius 3 is 2.30 bits per heavy atom. The molecule has 3 aliphatic rings. The van der Waals surface area contributed by atoms with Crippen LogP contribution in [0, 0.1) is 0 Å². The topological polar surface area (TPSA) is 153 Å². The van der Waals surface area contributed by atoms with Gasteiger partial charge in [-0.05, 0) is 67.1 Å². The van der Waals surface area contributed by atoms with Gasteiger partial charge in [-0.3, -0.25) is 0 Å². The molecule has 2 bridgehead atoms. The van der Waals surface area contributed by atoms with Crippen molar-refractivity contribution in [3.05, 3.63) is 101 Å². The van der Waals surface area contributed by atoms with Gasteiger partial charge in [-0.15, -0.1) is 0 Å². The van der Waals surface area contributed by atoms with E-state index in [2.05, 4.69) is 0 Å². The lowest BCUT2D eigenvalue weighted by atomic mass is 9.66. The summed E-state index contributed by atoms with van der Waals surface area (Å²) in [6, 6.07) is 18.6. The number of phenolic OH excluding ortho intramolecular Hbond substituents is 5. The Labute approximate surface area is 244 Å². The van der Waals surface area contributed by atoms with Crippen LogP contribution in [0.25, 0.3) is 33.6 Å². The molecule has 8 rings (SSSR count). The number of ether oxygens (including phenoxy) is 2. The molecule has 0 radical (unpaired) electrons. The second kappa shape index (κ2) is 8.50. The zero-order chi connectivity index (χ0) is 29.8. The SMILES string of the molecule is CC12C=C3C(=C(c4ccc(O)cc4O)Oc4cc(-c5cc6ccc(O)cc6o5)cc(O)c43)C(c3ccc(O)cc3O1)C2O. The normalized spacial score (nSPS) is 21.8. The fourth-order valence-electron chi connectivity index (χ4n) is 6.43. The standard InChI is InChI=1S/C34H24O9/c1-34-14-22-29-24(39)8-16(25-9-15-2-3-18(36)12-26(15)41-25)10-28(29)42-32(20-6-4-17(35)11-23(20)38)30(22)31(33(34)40)21-7-5-19(37)13-27(21)43-34/h2-14,31,33,35-40H,1H3. The van der Waals surface area contributed by atoms with Crippen molar-refractivity contribution >= 4 is 22.3 Å². The third kappa shape index (κ3) is 3.61. The zero-order valence-corrected chi connectivity index (χ0v) is 22.6. The van der Waals surface area contributed by atoms with E-state index in [0.29, 0.717) is 44.9 Å². The number of phenols is 5. The Balaban J connectivity index is 1.39. The third-order valence-corrected chi connectivity index (χ3v) is 8.42. The largest absolute Gasteiger partial charge is 0.508 e. The van der Waals surface area contributed by atoms with Crippen LogP contribution in [0.4, 0.5) is 0 Å². The van der Waals surface area contributed by atoms with Gasteiger partial charge in [0, 0.05) is 46.2 Å². The molecular weight excluding hydrogens is 552 g/mol. The Hall–Kier alpha value is -5.54. The second-order valence-corrected chi connectivity index (χ2v) is 11.2. The fourth-order valence-corrected chi connectivity index (χ4v) is 6.43. The number of furan rings is 1. The van der Waals surface area contributed by atoms with Gasteiger partial charge in [-0.1, -0.05) is 6.07 Å². The number of rotatable bonds is 2. The van der Waals surface area contributed by atoms with Crippen LogP contribution >= 0.6 is 0 Å². The molecule has 43 heavy (non-hydrogen) atoms. The summed E-state index contributed by atoms with van der Waals surface area (Å²) in [6.45, 7) is 1.73. The molecule has 9 nitrogen and oxygen atoms in total. The Morgan fingerprint density at radius 2 is 1.49 bits per heavy atom. The van der Waals surface area contributed by atoms with E-state index in [4.69, 9.17) is 13.9 Å². The highest BCUT2D eigenvalue weighted by Gasteiger charge is 2.53. The van der Waals surface area contributed by atoms with Gasteiger partial charge in [0.1, 0.15) is 63.5 Å². The van der Waals surface area contributed by atoms with Crippen LogP contribution in [0.3, 0.4) is 0 Å². The molecular formula is C34H24O9. The number of aliphatic hydroxyl groups excluding tert-OH is 1. The maximum absolute atomic E-state index is 11.7. The van der Waals surface area contributed by atoms with Gasteiger partial charge in [0.15, 0.2) is 5.60 Å². The van der Waals surface area contributed by atoms with Crippen LogP contribution in [0.1, 0.15) is 29.5 Å².